The highest BCUT2D eigenvalue weighted by Crippen LogP contribution is 2.18. The fourth-order valence-electron chi connectivity index (χ4n) is 2.32. The average molecular weight is 264 g/mol. The summed E-state index contributed by atoms with van der Waals surface area (Å²) >= 11 is 0. The number of ether oxygens (including phenoxy) is 1. The number of hydrazine groups is 1. The van der Waals surface area contributed by atoms with Crippen LogP contribution in [0.25, 0.3) is 0 Å². The minimum atomic E-state index is -0.0315. The molecule has 2 rings (SSSR count). The zero-order chi connectivity index (χ0) is 13.7. The van der Waals surface area contributed by atoms with E-state index in [0.29, 0.717) is 24.5 Å². The van der Waals surface area contributed by atoms with Crippen LogP contribution in [0.1, 0.15) is 30.1 Å². The molecule has 0 unspecified atom stereocenters. The zero-order valence-electron chi connectivity index (χ0n) is 11.1. The summed E-state index contributed by atoms with van der Waals surface area (Å²) in [6.07, 6.45) is 3.64. The Bertz CT molecular complexity index is 430. The number of pyridine rings is 1. The molecule has 1 aromatic heterocycles. The first kappa shape index (κ1) is 13.8. The van der Waals surface area contributed by atoms with Gasteiger partial charge < -0.3 is 15.1 Å². The summed E-state index contributed by atoms with van der Waals surface area (Å²) in [6.45, 7) is 4.14. The van der Waals surface area contributed by atoms with E-state index in [1.807, 2.05) is 11.8 Å². The zero-order valence-corrected chi connectivity index (χ0v) is 11.1. The molecular weight excluding hydrogens is 244 g/mol. The van der Waals surface area contributed by atoms with Gasteiger partial charge in [0, 0.05) is 25.9 Å². The first-order valence-electron chi connectivity index (χ1n) is 6.58. The Morgan fingerprint density at radius 1 is 1.58 bits per heavy atom. The summed E-state index contributed by atoms with van der Waals surface area (Å²) in [5.41, 5.74) is 2.98. The van der Waals surface area contributed by atoms with Gasteiger partial charge in [-0.05, 0) is 31.9 Å². The number of anilines is 1. The largest absolute Gasteiger partial charge is 0.378 e. The maximum atomic E-state index is 12.4. The molecule has 1 saturated heterocycles. The molecule has 0 spiro atoms. The minimum Gasteiger partial charge on any atom is -0.378 e. The maximum absolute atomic E-state index is 12.4. The fourth-order valence-corrected chi connectivity index (χ4v) is 2.32. The van der Waals surface area contributed by atoms with Gasteiger partial charge in [0.1, 0.15) is 0 Å². The van der Waals surface area contributed by atoms with Gasteiger partial charge in [0.25, 0.3) is 5.91 Å². The van der Waals surface area contributed by atoms with Crippen LogP contribution in [0.2, 0.25) is 0 Å². The molecule has 1 aliphatic rings. The van der Waals surface area contributed by atoms with Crippen LogP contribution in [-0.4, -0.2) is 41.6 Å². The Balaban J connectivity index is 2.01. The number of carbonyl (C=O) groups excluding carboxylic acids is 1. The molecule has 6 nitrogen and oxygen atoms in total. The third-order valence-corrected chi connectivity index (χ3v) is 3.31. The number of hydrogen-bond donors (Lipinski definition) is 2. The van der Waals surface area contributed by atoms with Gasteiger partial charge in [-0.1, -0.05) is 0 Å². The van der Waals surface area contributed by atoms with E-state index in [1.165, 1.54) is 0 Å². The second-order valence-electron chi connectivity index (χ2n) is 4.49. The first-order chi connectivity index (χ1) is 9.26. The van der Waals surface area contributed by atoms with E-state index in [1.54, 1.807) is 18.3 Å². The number of nitrogens with zero attached hydrogens (tertiary/aromatic N) is 2. The molecular formula is C13H20N4O2. The lowest BCUT2D eigenvalue weighted by Crippen LogP contribution is -2.41. The quantitative estimate of drug-likeness (QED) is 0.626. The highest BCUT2D eigenvalue weighted by molar-refractivity contribution is 5.98. The van der Waals surface area contributed by atoms with Gasteiger partial charge in [0.05, 0.1) is 11.7 Å². The normalized spacial score (nSPS) is 16.4. The van der Waals surface area contributed by atoms with Crippen molar-refractivity contribution in [3.8, 4) is 0 Å². The van der Waals surface area contributed by atoms with Crippen molar-refractivity contribution in [1.29, 1.82) is 0 Å². The number of nitrogens with two attached hydrogens (primary N) is 1. The number of carbonyl (C=O) groups is 1. The molecule has 0 saturated carbocycles. The second-order valence-corrected chi connectivity index (χ2v) is 4.49. The molecule has 0 bridgehead atoms. The number of nitrogen functional groups attached to an aromatic ring is 1. The Morgan fingerprint density at radius 3 is 2.95 bits per heavy atom. The number of piperidine rings is 1. The third-order valence-electron chi connectivity index (χ3n) is 3.31. The predicted octanol–water partition coefficient (Wildman–Crippen LogP) is 1.01. The van der Waals surface area contributed by atoms with Crippen molar-refractivity contribution in [3.05, 3.63) is 23.9 Å². The van der Waals surface area contributed by atoms with Crippen LogP contribution in [-0.2, 0) is 4.74 Å². The Kier molecular flexibility index (Phi) is 4.70. The van der Waals surface area contributed by atoms with E-state index in [2.05, 4.69) is 10.4 Å². The number of amides is 1. The predicted molar refractivity (Wildman–Crippen MR) is 72.6 cm³/mol. The first-order valence-corrected chi connectivity index (χ1v) is 6.58. The lowest BCUT2D eigenvalue weighted by molar-refractivity contribution is 0.0146. The van der Waals surface area contributed by atoms with Crippen molar-refractivity contribution in [1.82, 2.24) is 9.88 Å². The second kappa shape index (κ2) is 6.49. The minimum absolute atomic E-state index is 0.0315. The van der Waals surface area contributed by atoms with Gasteiger partial charge in [-0.3, -0.25) is 4.79 Å². The summed E-state index contributed by atoms with van der Waals surface area (Å²) < 4.78 is 5.58. The number of nitrogens with one attached hydrogen (secondary N) is 1. The Labute approximate surface area is 112 Å². The van der Waals surface area contributed by atoms with E-state index in [-0.39, 0.29) is 12.0 Å². The summed E-state index contributed by atoms with van der Waals surface area (Å²) in [5, 5.41) is 0. The van der Waals surface area contributed by atoms with Crippen molar-refractivity contribution in [2.75, 3.05) is 25.1 Å². The number of aromatic nitrogens is 1. The van der Waals surface area contributed by atoms with Gasteiger partial charge in [-0.2, -0.15) is 0 Å². The van der Waals surface area contributed by atoms with E-state index in [9.17, 15) is 4.79 Å². The van der Waals surface area contributed by atoms with Crippen LogP contribution in [0.4, 0.5) is 5.82 Å². The van der Waals surface area contributed by atoms with Gasteiger partial charge >= 0.3 is 0 Å². The summed E-state index contributed by atoms with van der Waals surface area (Å²) in [5.74, 6) is 5.76. The lowest BCUT2D eigenvalue weighted by atomic mass is 10.1. The van der Waals surface area contributed by atoms with Crippen LogP contribution in [0.3, 0.4) is 0 Å². The molecule has 1 aliphatic heterocycles. The fraction of sp³-hybridized carbons (Fsp3) is 0.538. The molecule has 6 heteroatoms. The van der Waals surface area contributed by atoms with Crippen LogP contribution in [0.5, 0.6) is 0 Å². The number of likely N-dealkylation sites (tertiary alicyclic amines) is 1. The average Bonchev–Trinajstić information content (AvgIpc) is 2.47. The van der Waals surface area contributed by atoms with E-state index < -0.39 is 0 Å². The highest BCUT2D eigenvalue weighted by atomic mass is 16.5. The Hall–Kier alpha value is -1.66. The molecule has 0 aliphatic carbocycles. The van der Waals surface area contributed by atoms with Crippen molar-refractivity contribution >= 4 is 11.7 Å². The van der Waals surface area contributed by atoms with Gasteiger partial charge in [-0.25, -0.2) is 10.8 Å². The van der Waals surface area contributed by atoms with Crippen molar-refractivity contribution in [3.63, 3.8) is 0 Å². The summed E-state index contributed by atoms with van der Waals surface area (Å²) in [4.78, 5) is 18.3. The van der Waals surface area contributed by atoms with E-state index >= 15 is 0 Å². The molecule has 2 heterocycles. The summed E-state index contributed by atoms with van der Waals surface area (Å²) in [6, 6.07) is 3.47. The van der Waals surface area contributed by atoms with Crippen LogP contribution in [0.15, 0.2) is 18.3 Å². The SMILES string of the molecule is CCOC1CCN(C(=O)c2cccnc2NN)CC1. The molecule has 0 radical (unpaired) electrons. The lowest BCUT2D eigenvalue weighted by Gasteiger charge is -2.32. The molecule has 1 amide bonds. The molecule has 3 N–H and O–H groups in total. The molecule has 1 fully saturated rings. The standard InChI is InChI=1S/C13H20N4O2/c1-2-19-10-5-8-17(9-6-10)13(18)11-4-3-7-15-12(11)16-14/h3-4,7,10H,2,5-6,8-9,14H2,1H3,(H,15,16). The van der Waals surface area contributed by atoms with Crippen LogP contribution in [0, 0.1) is 0 Å². The molecule has 1 aromatic rings. The topological polar surface area (TPSA) is 80.5 Å². The molecule has 0 aromatic carbocycles. The van der Waals surface area contributed by atoms with E-state index in [4.69, 9.17) is 10.6 Å². The van der Waals surface area contributed by atoms with Gasteiger partial charge in [0.15, 0.2) is 5.82 Å². The highest BCUT2D eigenvalue weighted by Gasteiger charge is 2.25. The number of hydrogen-bond acceptors (Lipinski definition) is 5. The van der Waals surface area contributed by atoms with Gasteiger partial charge in [-0.15, -0.1) is 0 Å². The monoisotopic (exact) mass is 264 g/mol. The third kappa shape index (κ3) is 3.21. The smallest absolute Gasteiger partial charge is 0.257 e. The van der Waals surface area contributed by atoms with Crippen molar-refractivity contribution in [2.45, 2.75) is 25.9 Å². The number of rotatable bonds is 4. The Morgan fingerprint density at radius 2 is 2.32 bits per heavy atom. The van der Waals surface area contributed by atoms with Crippen molar-refractivity contribution < 1.29 is 9.53 Å². The van der Waals surface area contributed by atoms with E-state index in [0.717, 1.165) is 19.4 Å². The maximum Gasteiger partial charge on any atom is 0.257 e. The molecule has 104 valence electrons. The molecule has 19 heavy (non-hydrogen) atoms. The van der Waals surface area contributed by atoms with Crippen molar-refractivity contribution in [2.24, 2.45) is 5.84 Å². The summed E-state index contributed by atoms with van der Waals surface area (Å²) in [7, 11) is 0. The molecule has 0 atom stereocenters. The van der Waals surface area contributed by atoms with Crippen LogP contribution < -0.4 is 11.3 Å². The van der Waals surface area contributed by atoms with Gasteiger partial charge in [0.2, 0.25) is 0 Å². The van der Waals surface area contributed by atoms with Crippen LogP contribution >= 0.6 is 0 Å².